The molecule has 0 spiro atoms. The molecule has 1 aromatic carbocycles. The molecule has 0 aliphatic rings. The molecule has 0 aliphatic carbocycles. The van der Waals surface area contributed by atoms with Gasteiger partial charge in [-0.2, -0.15) is 0 Å². The number of carbonyl (C=O) groups excluding carboxylic acids is 2. The van der Waals surface area contributed by atoms with Crippen LogP contribution >= 0.6 is 0 Å². The Hall–Kier alpha value is -1.91. The second-order valence-corrected chi connectivity index (χ2v) is 4.49. The average Bonchev–Trinajstić information content (AvgIpc) is 2.39. The van der Waals surface area contributed by atoms with Crippen LogP contribution in [0, 0.1) is 11.7 Å². The summed E-state index contributed by atoms with van der Waals surface area (Å²) < 4.78 is 12.9. The number of nitrogens with two attached hydrogens (primary N) is 1. The first-order valence-corrected chi connectivity index (χ1v) is 6.31. The number of amides is 2. The first kappa shape index (κ1) is 15.1. The Kier molecular flexibility index (Phi) is 5.48. The maximum atomic E-state index is 12.9. The number of primary amides is 1. The van der Waals surface area contributed by atoms with E-state index < -0.39 is 5.91 Å². The van der Waals surface area contributed by atoms with Gasteiger partial charge in [0.1, 0.15) is 5.82 Å². The van der Waals surface area contributed by atoms with Crippen LogP contribution < -0.4 is 10.6 Å². The summed E-state index contributed by atoms with van der Waals surface area (Å²) in [5.41, 5.74) is 5.69. The zero-order chi connectivity index (χ0) is 14.4. The molecule has 1 unspecified atom stereocenters. The standard InChI is InChI=1S/C14H19FN2O2/c1-3-10(2)14(19)17(9-8-13(16)18)12-6-4-11(15)5-7-12/h4-7,10H,3,8-9H2,1-2H3,(H2,16,18). The fourth-order valence-electron chi connectivity index (χ4n) is 1.65. The summed E-state index contributed by atoms with van der Waals surface area (Å²) in [4.78, 5) is 24.6. The van der Waals surface area contributed by atoms with Crippen molar-refractivity contribution in [3.05, 3.63) is 30.1 Å². The third-order valence-electron chi connectivity index (χ3n) is 3.02. The molecule has 19 heavy (non-hydrogen) atoms. The third kappa shape index (κ3) is 4.35. The Morgan fingerprint density at radius 2 is 1.89 bits per heavy atom. The number of carbonyl (C=O) groups is 2. The Balaban J connectivity index is 2.94. The van der Waals surface area contributed by atoms with Gasteiger partial charge in [0, 0.05) is 24.6 Å². The van der Waals surface area contributed by atoms with E-state index in [9.17, 15) is 14.0 Å². The van der Waals surface area contributed by atoms with Gasteiger partial charge >= 0.3 is 0 Å². The minimum atomic E-state index is -0.468. The molecule has 0 heterocycles. The van der Waals surface area contributed by atoms with Gasteiger partial charge in [-0.3, -0.25) is 9.59 Å². The molecule has 0 saturated carbocycles. The average molecular weight is 266 g/mol. The predicted molar refractivity (Wildman–Crippen MR) is 72.0 cm³/mol. The molecule has 1 aromatic rings. The highest BCUT2D eigenvalue weighted by Crippen LogP contribution is 2.19. The summed E-state index contributed by atoms with van der Waals surface area (Å²) in [5.74, 6) is -1.08. The number of anilines is 1. The van der Waals surface area contributed by atoms with Crippen LogP contribution in [-0.4, -0.2) is 18.4 Å². The van der Waals surface area contributed by atoms with E-state index >= 15 is 0 Å². The van der Waals surface area contributed by atoms with Crippen LogP contribution in [0.25, 0.3) is 0 Å². The second kappa shape index (κ2) is 6.87. The van der Waals surface area contributed by atoms with Crippen LogP contribution in [-0.2, 0) is 9.59 Å². The molecule has 2 N–H and O–H groups in total. The Morgan fingerprint density at radius 1 is 1.32 bits per heavy atom. The van der Waals surface area contributed by atoms with Crippen molar-refractivity contribution in [1.82, 2.24) is 0 Å². The molecular weight excluding hydrogens is 247 g/mol. The van der Waals surface area contributed by atoms with Gasteiger partial charge in [-0.05, 0) is 30.7 Å². The molecule has 1 atom stereocenters. The molecule has 1 rings (SSSR count). The van der Waals surface area contributed by atoms with E-state index in [1.165, 1.54) is 29.2 Å². The topological polar surface area (TPSA) is 63.4 Å². The van der Waals surface area contributed by atoms with Gasteiger partial charge in [-0.1, -0.05) is 13.8 Å². The van der Waals surface area contributed by atoms with Crippen molar-refractivity contribution < 1.29 is 14.0 Å². The zero-order valence-corrected chi connectivity index (χ0v) is 11.2. The van der Waals surface area contributed by atoms with E-state index in [4.69, 9.17) is 5.73 Å². The van der Waals surface area contributed by atoms with Gasteiger partial charge in [-0.25, -0.2) is 4.39 Å². The zero-order valence-electron chi connectivity index (χ0n) is 11.2. The molecule has 0 fully saturated rings. The third-order valence-corrected chi connectivity index (χ3v) is 3.02. The van der Waals surface area contributed by atoms with Gasteiger partial charge in [0.15, 0.2) is 0 Å². The van der Waals surface area contributed by atoms with Crippen molar-refractivity contribution >= 4 is 17.5 Å². The van der Waals surface area contributed by atoms with Crippen LogP contribution in [0.1, 0.15) is 26.7 Å². The van der Waals surface area contributed by atoms with Gasteiger partial charge in [-0.15, -0.1) is 0 Å². The molecule has 0 aromatic heterocycles. The summed E-state index contributed by atoms with van der Waals surface area (Å²) in [6.07, 6.45) is 0.784. The van der Waals surface area contributed by atoms with Crippen molar-refractivity contribution in [2.24, 2.45) is 11.7 Å². The van der Waals surface area contributed by atoms with Crippen LogP contribution in [0.5, 0.6) is 0 Å². The molecule has 0 radical (unpaired) electrons. The predicted octanol–water partition coefficient (Wildman–Crippen LogP) is 2.08. The monoisotopic (exact) mass is 266 g/mol. The number of rotatable bonds is 6. The highest BCUT2D eigenvalue weighted by atomic mass is 19.1. The quantitative estimate of drug-likeness (QED) is 0.856. The highest BCUT2D eigenvalue weighted by Gasteiger charge is 2.21. The molecule has 0 bridgehead atoms. The lowest BCUT2D eigenvalue weighted by Gasteiger charge is -2.25. The smallest absolute Gasteiger partial charge is 0.229 e. The van der Waals surface area contributed by atoms with Crippen molar-refractivity contribution in [1.29, 1.82) is 0 Å². The number of hydrogen-bond donors (Lipinski definition) is 1. The maximum absolute atomic E-state index is 12.9. The van der Waals surface area contributed by atoms with Gasteiger partial charge in [0.05, 0.1) is 0 Å². The number of halogens is 1. The van der Waals surface area contributed by atoms with E-state index in [2.05, 4.69) is 0 Å². The second-order valence-electron chi connectivity index (χ2n) is 4.49. The Morgan fingerprint density at radius 3 is 2.37 bits per heavy atom. The molecule has 0 aliphatic heterocycles. The number of nitrogens with zero attached hydrogens (tertiary/aromatic N) is 1. The van der Waals surface area contributed by atoms with Crippen LogP contribution in [0.15, 0.2) is 24.3 Å². The first-order valence-electron chi connectivity index (χ1n) is 6.31. The van der Waals surface area contributed by atoms with Gasteiger partial charge in [0.2, 0.25) is 11.8 Å². The van der Waals surface area contributed by atoms with E-state index in [0.717, 1.165) is 0 Å². The minimum Gasteiger partial charge on any atom is -0.370 e. The Bertz CT molecular complexity index is 445. The lowest BCUT2D eigenvalue weighted by Crippen LogP contribution is -2.37. The number of benzene rings is 1. The summed E-state index contributed by atoms with van der Waals surface area (Å²) in [5, 5.41) is 0. The summed E-state index contributed by atoms with van der Waals surface area (Å²) in [6.45, 7) is 3.95. The minimum absolute atomic E-state index is 0.0829. The van der Waals surface area contributed by atoms with E-state index in [-0.39, 0.29) is 30.6 Å². The van der Waals surface area contributed by atoms with Crippen molar-refractivity contribution in [3.8, 4) is 0 Å². The van der Waals surface area contributed by atoms with E-state index in [1.54, 1.807) is 0 Å². The van der Waals surface area contributed by atoms with Crippen LogP contribution in [0.4, 0.5) is 10.1 Å². The maximum Gasteiger partial charge on any atom is 0.229 e. The fraction of sp³-hybridized carbons (Fsp3) is 0.429. The fourth-order valence-corrected chi connectivity index (χ4v) is 1.65. The summed E-state index contributed by atoms with van der Waals surface area (Å²) in [7, 11) is 0. The molecule has 2 amide bonds. The first-order chi connectivity index (χ1) is 8.95. The lowest BCUT2D eigenvalue weighted by molar-refractivity contribution is -0.122. The largest absolute Gasteiger partial charge is 0.370 e. The SMILES string of the molecule is CCC(C)C(=O)N(CCC(N)=O)c1ccc(F)cc1. The van der Waals surface area contributed by atoms with Gasteiger partial charge < -0.3 is 10.6 Å². The van der Waals surface area contributed by atoms with Crippen molar-refractivity contribution in [2.45, 2.75) is 26.7 Å². The van der Waals surface area contributed by atoms with Crippen molar-refractivity contribution in [2.75, 3.05) is 11.4 Å². The van der Waals surface area contributed by atoms with E-state index in [0.29, 0.717) is 12.1 Å². The Labute approximate surface area is 112 Å². The summed E-state index contributed by atoms with van der Waals surface area (Å²) in [6, 6.07) is 5.63. The highest BCUT2D eigenvalue weighted by molar-refractivity contribution is 5.95. The molecule has 5 heteroatoms. The molecule has 104 valence electrons. The van der Waals surface area contributed by atoms with Crippen LogP contribution in [0.3, 0.4) is 0 Å². The van der Waals surface area contributed by atoms with Crippen LogP contribution in [0.2, 0.25) is 0 Å². The molecule has 0 saturated heterocycles. The molecular formula is C14H19FN2O2. The number of hydrogen-bond acceptors (Lipinski definition) is 2. The molecule has 4 nitrogen and oxygen atoms in total. The van der Waals surface area contributed by atoms with Gasteiger partial charge in [0.25, 0.3) is 0 Å². The van der Waals surface area contributed by atoms with Crippen molar-refractivity contribution in [3.63, 3.8) is 0 Å². The lowest BCUT2D eigenvalue weighted by atomic mass is 10.1. The van der Waals surface area contributed by atoms with E-state index in [1.807, 2.05) is 13.8 Å². The summed E-state index contributed by atoms with van der Waals surface area (Å²) >= 11 is 0. The normalized spacial score (nSPS) is 11.9.